The lowest BCUT2D eigenvalue weighted by molar-refractivity contribution is 0.0141. The fourth-order valence-corrected chi connectivity index (χ4v) is 5.25. The first-order valence-corrected chi connectivity index (χ1v) is 9.96. The number of amides is 1. The summed E-state index contributed by atoms with van der Waals surface area (Å²) in [6, 6.07) is 1.86. The summed E-state index contributed by atoms with van der Waals surface area (Å²) in [5.41, 5.74) is 2.41. The smallest absolute Gasteiger partial charge is 0.253 e. The van der Waals surface area contributed by atoms with Gasteiger partial charge >= 0.3 is 0 Å². The van der Waals surface area contributed by atoms with Crippen molar-refractivity contribution in [3.63, 3.8) is 0 Å². The van der Waals surface area contributed by atoms with Crippen LogP contribution in [0.4, 0.5) is 5.82 Å². The summed E-state index contributed by atoms with van der Waals surface area (Å²) in [6.45, 7) is 6.30. The molecule has 2 aromatic heterocycles. The van der Waals surface area contributed by atoms with E-state index in [0.29, 0.717) is 23.9 Å². The predicted molar refractivity (Wildman–Crippen MR) is 104 cm³/mol. The molecule has 0 unspecified atom stereocenters. The minimum atomic E-state index is -0.101. The fraction of sp³-hybridized carbons (Fsp3) is 0.524. The van der Waals surface area contributed by atoms with Crippen LogP contribution in [0, 0.1) is 25.7 Å². The highest BCUT2D eigenvalue weighted by molar-refractivity contribution is 5.95. The first kappa shape index (κ1) is 17.6. The van der Waals surface area contributed by atoms with Crippen LogP contribution in [-0.2, 0) is 4.74 Å². The van der Waals surface area contributed by atoms with Gasteiger partial charge in [-0.25, -0.2) is 4.98 Å². The monoisotopic (exact) mass is 379 g/mol. The highest BCUT2D eigenvalue weighted by Gasteiger charge is 2.63. The van der Waals surface area contributed by atoms with E-state index in [0.717, 1.165) is 43.0 Å². The van der Waals surface area contributed by atoms with Gasteiger partial charge in [0.1, 0.15) is 5.82 Å². The van der Waals surface area contributed by atoms with Crippen LogP contribution in [0.15, 0.2) is 30.9 Å². The summed E-state index contributed by atoms with van der Waals surface area (Å²) in [7, 11) is 0. The molecule has 28 heavy (non-hydrogen) atoms. The van der Waals surface area contributed by atoms with Crippen molar-refractivity contribution in [3.05, 3.63) is 47.7 Å². The molecule has 2 aromatic rings. The summed E-state index contributed by atoms with van der Waals surface area (Å²) in [5.74, 6) is 1.60. The van der Waals surface area contributed by atoms with Crippen molar-refractivity contribution < 1.29 is 9.53 Å². The number of carbonyl (C=O) groups is 1. The quantitative estimate of drug-likeness (QED) is 0.874. The van der Waals surface area contributed by atoms with Crippen LogP contribution in [0.2, 0.25) is 0 Å². The van der Waals surface area contributed by atoms with E-state index >= 15 is 0 Å². The van der Waals surface area contributed by atoms with Crippen LogP contribution >= 0.6 is 0 Å². The number of nitrogens with zero attached hydrogens (tertiary/aromatic N) is 4. The zero-order valence-electron chi connectivity index (χ0n) is 16.3. The van der Waals surface area contributed by atoms with E-state index in [4.69, 9.17) is 4.74 Å². The molecule has 3 saturated heterocycles. The van der Waals surface area contributed by atoms with Crippen molar-refractivity contribution in [1.29, 1.82) is 0 Å². The van der Waals surface area contributed by atoms with Crippen molar-refractivity contribution in [2.45, 2.75) is 38.4 Å². The van der Waals surface area contributed by atoms with Crippen molar-refractivity contribution in [3.8, 4) is 0 Å². The lowest BCUT2D eigenvalue weighted by Crippen LogP contribution is -2.42. The maximum Gasteiger partial charge on any atom is 0.253 e. The molecule has 5 heterocycles. The van der Waals surface area contributed by atoms with Gasteiger partial charge in [0.2, 0.25) is 0 Å². The fourth-order valence-electron chi connectivity index (χ4n) is 5.25. The Morgan fingerprint density at radius 2 is 2.21 bits per heavy atom. The van der Waals surface area contributed by atoms with E-state index < -0.39 is 0 Å². The summed E-state index contributed by atoms with van der Waals surface area (Å²) in [5, 5.41) is 3.13. The molecule has 3 aliphatic heterocycles. The lowest BCUT2D eigenvalue weighted by atomic mass is 9.73. The number of ether oxygens (including phenoxy) is 1. The van der Waals surface area contributed by atoms with E-state index in [1.54, 1.807) is 18.6 Å². The number of pyridine rings is 1. The molecule has 3 aliphatic rings. The summed E-state index contributed by atoms with van der Waals surface area (Å²) < 4.78 is 6.49. The number of aryl methyl sites for hydroxylation is 2. The van der Waals surface area contributed by atoms with Gasteiger partial charge < -0.3 is 15.0 Å². The molecule has 3 fully saturated rings. The Morgan fingerprint density at radius 1 is 1.32 bits per heavy atom. The molecule has 0 saturated carbocycles. The molecule has 146 valence electrons. The van der Waals surface area contributed by atoms with Gasteiger partial charge in [0.25, 0.3) is 5.91 Å². The van der Waals surface area contributed by atoms with E-state index in [-0.39, 0.29) is 17.6 Å². The first-order chi connectivity index (χ1) is 13.6. The SMILES string of the molecule is Cc1cncc(N2C[C@@H]3[C@H](CNC(=O)c4cnccc4C)[C@H]4CC[C@]3(C2)O4)n1. The number of hydrogen-bond donors (Lipinski definition) is 1. The Labute approximate surface area is 164 Å². The van der Waals surface area contributed by atoms with Crippen molar-refractivity contribution in [2.24, 2.45) is 11.8 Å². The standard InChI is InChI=1S/C21H25N5O2/c1-13-4-6-22-8-15(13)20(27)24-9-16-17-11-26(19-10-23-7-14(2)25-19)12-21(17)5-3-18(16)28-21/h4,6-8,10,16-18H,3,5,9,11-12H2,1-2H3,(H,24,27)/t16-,17+,18+,21+/m0/s1. The Bertz CT molecular complexity index is 919. The van der Waals surface area contributed by atoms with Crippen LogP contribution in [-0.4, -0.2) is 52.2 Å². The summed E-state index contributed by atoms with van der Waals surface area (Å²) in [6.07, 6.45) is 9.35. The van der Waals surface area contributed by atoms with Gasteiger partial charge in [-0.3, -0.25) is 14.8 Å². The number of fused-ring (bicyclic) bond motifs is 1. The molecule has 0 aliphatic carbocycles. The molecular weight excluding hydrogens is 354 g/mol. The second kappa shape index (κ2) is 6.51. The number of carbonyl (C=O) groups excluding carboxylic acids is 1. The Balaban J connectivity index is 1.31. The maximum atomic E-state index is 12.6. The number of anilines is 1. The van der Waals surface area contributed by atoms with Gasteiger partial charge in [-0.15, -0.1) is 0 Å². The minimum Gasteiger partial charge on any atom is -0.369 e. The molecular formula is C21H25N5O2. The molecule has 2 bridgehead atoms. The molecule has 0 aromatic carbocycles. The van der Waals surface area contributed by atoms with E-state index in [9.17, 15) is 4.79 Å². The van der Waals surface area contributed by atoms with Gasteiger partial charge in [0.15, 0.2) is 0 Å². The largest absolute Gasteiger partial charge is 0.369 e. The van der Waals surface area contributed by atoms with E-state index in [1.165, 1.54) is 0 Å². The molecule has 0 radical (unpaired) electrons. The number of aromatic nitrogens is 3. The van der Waals surface area contributed by atoms with Gasteiger partial charge in [-0.1, -0.05) is 0 Å². The van der Waals surface area contributed by atoms with Crippen molar-refractivity contribution in [1.82, 2.24) is 20.3 Å². The van der Waals surface area contributed by atoms with Crippen LogP contribution in [0.5, 0.6) is 0 Å². The topological polar surface area (TPSA) is 80.2 Å². The van der Waals surface area contributed by atoms with E-state index in [1.807, 2.05) is 26.1 Å². The van der Waals surface area contributed by atoms with Crippen LogP contribution in [0.3, 0.4) is 0 Å². The zero-order chi connectivity index (χ0) is 19.3. The third-order valence-corrected chi connectivity index (χ3v) is 6.63. The molecule has 4 atom stereocenters. The second-order valence-corrected chi connectivity index (χ2v) is 8.33. The highest BCUT2D eigenvalue weighted by atomic mass is 16.5. The average molecular weight is 379 g/mol. The Hall–Kier alpha value is -2.54. The third-order valence-electron chi connectivity index (χ3n) is 6.63. The molecule has 1 N–H and O–H groups in total. The zero-order valence-corrected chi connectivity index (χ0v) is 16.3. The summed E-state index contributed by atoms with van der Waals surface area (Å²) >= 11 is 0. The highest BCUT2D eigenvalue weighted by Crippen LogP contribution is 2.55. The van der Waals surface area contributed by atoms with Crippen molar-refractivity contribution in [2.75, 3.05) is 24.5 Å². The molecule has 5 rings (SSSR count). The predicted octanol–water partition coefficient (Wildman–Crippen LogP) is 1.90. The number of nitrogens with one attached hydrogen (secondary N) is 1. The minimum absolute atomic E-state index is 0.0539. The normalized spacial score (nSPS) is 30.5. The van der Waals surface area contributed by atoms with Crippen LogP contribution in [0.1, 0.15) is 34.5 Å². The van der Waals surface area contributed by atoms with E-state index in [2.05, 4.69) is 25.2 Å². The van der Waals surface area contributed by atoms with Gasteiger partial charge in [0.05, 0.1) is 29.2 Å². The average Bonchev–Trinajstić information content (AvgIpc) is 3.35. The van der Waals surface area contributed by atoms with Gasteiger partial charge in [-0.2, -0.15) is 0 Å². The Kier molecular flexibility index (Phi) is 4.08. The first-order valence-electron chi connectivity index (χ1n) is 9.96. The molecule has 1 spiro atoms. The molecule has 7 heteroatoms. The lowest BCUT2D eigenvalue weighted by Gasteiger charge is -2.29. The maximum absolute atomic E-state index is 12.6. The van der Waals surface area contributed by atoms with Crippen LogP contribution in [0.25, 0.3) is 0 Å². The molecule has 1 amide bonds. The second-order valence-electron chi connectivity index (χ2n) is 8.33. The third kappa shape index (κ3) is 2.76. The van der Waals surface area contributed by atoms with Crippen LogP contribution < -0.4 is 10.2 Å². The molecule has 7 nitrogen and oxygen atoms in total. The van der Waals surface area contributed by atoms with Gasteiger partial charge in [-0.05, 0) is 38.3 Å². The number of rotatable bonds is 4. The van der Waals surface area contributed by atoms with Gasteiger partial charge in [0, 0.05) is 50.1 Å². The Morgan fingerprint density at radius 3 is 3.04 bits per heavy atom. The summed E-state index contributed by atoms with van der Waals surface area (Å²) in [4.78, 5) is 27.9. The van der Waals surface area contributed by atoms with Crippen molar-refractivity contribution >= 4 is 11.7 Å². The number of hydrogen-bond acceptors (Lipinski definition) is 6.